The number of aromatic nitrogens is 5. The van der Waals surface area contributed by atoms with Crippen LogP contribution in [0.1, 0.15) is 81.8 Å². The monoisotopic (exact) mass is 508 g/mol. The molecule has 198 valence electrons. The molecule has 1 saturated carbocycles. The zero-order chi connectivity index (χ0) is 25.2. The van der Waals surface area contributed by atoms with E-state index in [4.69, 9.17) is 14.2 Å². The minimum atomic E-state index is -0.0942. The molecule has 37 heavy (non-hydrogen) atoms. The molecule has 10 nitrogen and oxygen atoms in total. The second-order valence-corrected chi connectivity index (χ2v) is 10.5. The van der Waals surface area contributed by atoms with E-state index in [2.05, 4.69) is 37.0 Å². The molecule has 3 aromatic rings. The average molecular weight is 509 g/mol. The SMILES string of the molecule is CC[C@H](c1nnnn1C1CCCCC1)N(Cc1cc2cc3c(cc2[nH]c1=O)OCCO3)C[C@H]1CCCO1. The Morgan fingerprint density at radius 3 is 2.62 bits per heavy atom. The summed E-state index contributed by atoms with van der Waals surface area (Å²) >= 11 is 0. The molecule has 1 N–H and O–H groups in total. The van der Waals surface area contributed by atoms with Gasteiger partial charge in [-0.25, -0.2) is 4.68 Å². The van der Waals surface area contributed by atoms with Crippen LogP contribution in [-0.4, -0.2) is 62.6 Å². The van der Waals surface area contributed by atoms with E-state index in [9.17, 15) is 4.79 Å². The van der Waals surface area contributed by atoms with Gasteiger partial charge in [-0.3, -0.25) is 9.69 Å². The molecular formula is C27H36N6O4. The van der Waals surface area contributed by atoms with Gasteiger partial charge in [-0.15, -0.1) is 5.10 Å². The van der Waals surface area contributed by atoms with E-state index < -0.39 is 0 Å². The van der Waals surface area contributed by atoms with Crippen LogP contribution in [0.5, 0.6) is 11.5 Å². The van der Waals surface area contributed by atoms with Crippen molar-refractivity contribution in [2.24, 2.45) is 0 Å². The molecule has 1 saturated heterocycles. The van der Waals surface area contributed by atoms with Crippen molar-refractivity contribution in [2.45, 2.75) is 83.0 Å². The summed E-state index contributed by atoms with van der Waals surface area (Å²) in [5.74, 6) is 2.28. The van der Waals surface area contributed by atoms with Gasteiger partial charge >= 0.3 is 0 Å². The topological polar surface area (TPSA) is 107 Å². The van der Waals surface area contributed by atoms with Crippen molar-refractivity contribution in [1.82, 2.24) is 30.1 Å². The van der Waals surface area contributed by atoms with E-state index >= 15 is 0 Å². The van der Waals surface area contributed by atoms with Crippen LogP contribution in [0.15, 0.2) is 23.0 Å². The highest BCUT2D eigenvalue weighted by Gasteiger charge is 2.31. The molecule has 0 amide bonds. The van der Waals surface area contributed by atoms with Crippen LogP contribution in [0.4, 0.5) is 0 Å². The first kappa shape index (κ1) is 24.4. The molecular weight excluding hydrogens is 472 g/mol. The van der Waals surface area contributed by atoms with Gasteiger partial charge in [0.1, 0.15) is 13.2 Å². The van der Waals surface area contributed by atoms with Crippen LogP contribution in [0.25, 0.3) is 10.9 Å². The van der Waals surface area contributed by atoms with Crippen molar-refractivity contribution in [3.63, 3.8) is 0 Å². The van der Waals surface area contributed by atoms with Gasteiger partial charge < -0.3 is 19.2 Å². The summed E-state index contributed by atoms with van der Waals surface area (Å²) in [6, 6.07) is 6.11. The number of benzene rings is 1. The van der Waals surface area contributed by atoms with E-state index in [1.54, 1.807) is 0 Å². The number of pyridine rings is 1. The maximum Gasteiger partial charge on any atom is 0.252 e. The highest BCUT2D eigenvalue weighted by atomic mass is 16.6. The van der Waals surface area contributed by atoms with E-state index in [1.807, 2.05) is 18.2 Å². The Hall–Kier alpha value is -2.98. The number of rotatable bonds is 8. The van der Waals surface area contributed by atoms with Crippen molar-refractivity contribution in [3.05, 3.63) is 39.9 Å². The fourth-order valence-corrected chi connectivity index (χ4v) is 6.09. The van der Waals surface area contributed by atoms with Crippen molar-refractivity contribution in [1.29, 1.82) is 0 Å². The standard InChI is InChI=1S/C27H36N6O4/c1-2-23(26-29-30-31-33(26)20-7-4-3-5-8-20)32(17-21-9-6-10-35-21)16-19-13-18-14-24-25(37-12-11-36-24)15-22(18)28-27(19)34/h13-15,20-21,23H,2-12,16-17H2,1H3,(H,28,34)/t21-,23-/m1/s1. The Morgan fingerprint density at radius 1 is 1.05 bits per heavy atom. The van der Waals surface area contributed by atoms with Gasteiger partial charge in [0, 0.05) is 36.7 Å². The molecule has 6 rings (SSSR count). The minimum Gasteiger partial charge on any atom is -0.486 e. The zero-order valence-electron chi connectivity index (χ0n) is 21.5. The summed E-state index contributed by atoms with van der Waals surface area (Å²) in [6.45, 7) is 5.21. The Bertz CT molecular complexity index is 1280. The molecule has 1 aliphatic carbocycles. The number of H-pyrrole nitrogens is 1. The first-order chi connectivity index (χ1) is 18.2. The largest absolute Gasteiger partial charge is 0.486 e. The number of ether oxygens (including phenoxy) is 3. The van der Waals surface area contributed by atoms with Crippen LogP contribution < -0.4 is 15.0 Å². The molecule has 0 spiro atoms. The lowest BCUT2D eigenvalue weighted by Gasteiger charge is -2.33. The van der Waals surface area contributed by atoms with Crippen molar-refractivity contribution in [2.75, 3.05) is 26.4 Å². The predicted octanol–water partition coefficient (Wildman–Crippen LogP) is 3.92. The van der Waals surface area contributed by atoms with Crippen molar-refractivity contribution in [3.8, 4) is 11.5 Å². The Labute approximate surface area is 216 Å². The summed E-state index contributed by atoms with van der Waals surface area (Å²) in [7, 11) is 0. The van der Waals surface area contributed by atoms with E-state index in [-0.39, 0.29) is 17.7 Å². The van der Waals surface area contributed by atoms with Gasteiger partial charge in [-0.1, -0.05) is 26.2 Å². The van der Waals surface area contributed by atoms with Gasteiger partial charge in [0.15, 0.2) is 17.3 Å². The fourth-order valence-electron chi connectivity index (χ4n) is 6.09. The number of tetrazole rings is 1. The number of aromatic amines is 1. The maximum absolute atomic E-state index is 13.3. The third kappa shape index (κ3) is 5.09. The Kier molecular flexibility index (Phi) is 7.10. The van der Waals surface area contributed by atoms with E-state index in [0.29, 0.717) is 42.9 Å². The van der Waals surface area contributed by atoms with Gasteiger partial charge in [0.2, 0.25) is 0 Å². The Balaban J connectivity index is 1.33. The second kappa shape index (κ2) is 10.8. The average Bonchev–Trinajstić information content (AvgIpc) is 3.62. The van der Waals surface area contributed by atoms with Gasteiger partial charge in [-0.05, 0) is 54.7 Å². The molecule has 1 aromatic carbocycles. The Morgan fingerprint density at radius 2 is 1.86 bits per heavy atom. The zero-order valence-corrected chi connectivity index (χ0v) is 21.5. The van der Waals surface area contributed by atoms with E-state index in [0.717, 1.165) is 62.0 Å². The third-order valence-corrected chi connectivity index (χ3v) is 7.98. The van der Waals surface area contributed by atoms with Crippen LogP contribution in [0.3, 0.4) is 0 Å². The summed E-state index contributed by atoms with van der Waals surface area (Å²) in [4.78, 5) is 18.7. The second-order valence-electron chi connectivity index (χ2n) is 10.5. The van der Waals surface area contributed by atoms with Crippen LogP contribution >= 0.6 is 0 Å². The van der Waals surface area contributed by atoms with Crippen molar-refractivity contribution >= 4 is 10.9 Å². The molecule has 2 aliphatic heterocycles. The smallest absolute Gasteiger partial charge is 0.252 e. The number of fused-ring (bicyclic) bond motifs is 2. The van der Waals surface area contributed by atoms with Crippen LogP contribution in [0.2, 0.25) is 0 Å². The van der Waals surface area contributed by atoms with Gasteiger partial charge in [-0.2, -0.15) is 0 Å². The molecule has 2 aromatic heterocycles. The highest BCUT2D eigenvalue weighted by molar-refractivity contribution is 5.83. The molecule has 3 aliphatic rings. The maximum atomic E-state index is 13.3. The number of hydrogen-bond acceptors (Lipinski definition) is 8. The number of nitrogens with zero attached hydrogens (tertiary/aromatic N) is 5. The van der Waals surface area contributed by atoms with Gasteiger partial charge in [0.05, 0.1) is 23.7 Å². The quantitative estimate of drug-likeness (QED) is 0.488. The normalized spacial score (nSPS) is 21.1. The lowest BCUT2D eigenvalue weighted by atomic mass is 9.95. The molecule has 2 fully saturated rings. The molecule has 0 unspecified atom stereocenters. The van der Waals surface area contributed by atoms with Gasteiger partial charge in [0.25, 0.3) is 5.56 Å². The minimum absolute atomic E-state index is 0.0171. The molecule has 0 radical (unpaired) electrons. The summed E-state index contributed by atoms with van der Waals surface area (Å²) in [6.07, 6.45) is 9.01. The first-order valence-electron chi connectivity index (χ1n) is 13.8. The highest BCUT2D eigenvalue weighted by Crippen LogP contribution is 2.35. The van der Waals surface area contributed by atoms with Crippen LogP contribution in [-0.2, 0) is 11.3 Å². The predicted molar refractivity (Wildman–Crippen MR) is 138 cm³/mol. The summed E-state index contributed by atoms with van der Waals surface area (Å²) in [5, 5.41) is 14.0. The molecule has 2 atom stereocenters. The number of nitrogens with one attached hydrogen (secondary N) is 1. The summed E-state index contributed by atoms with van der Waals surface area (Å²) in [5.41, 5.74) is 1.36. The van der Waals surface area contributed by atoms with Crippen molar-refractivity contribution < 1.29 is 14.2 Å². The first-order valence-corrected chi connectivity index (χ1v) is 13.8. The molecule has 4 heterocycles. The lowest BCUT2D eigenvalue weighted by Crippen LogP contribution is -2.38. The fraction of sp³-hybridized carbons (Fsp3) is 0.630. The molecule has 10 heteroatoms. The number of hydrogen-bond donors (Lipinski definition) is 1. The third-order valence-electron chi connectivity index (χ3n) is 7.98. The molecule has 0 bridgehead atoms. The van der Waals surface area contributed by atoms with E-state index in [1.165, 1.54) is 19.3 Å². The van der Waals surface area contributed by atoms with Crippen LogP contribution in [0, 0.1) is 0 Å². The summed E-state index contributed by atoms with van der Waals surface area (Å²) < 4.78 is 19.6. The lowest BCUT2D eigenvalue weighted by molar-refractivity contribution is 0.0481.